The smallest absolute Gasteiger partial charge is 0.215 e. The van der Waals surface area contributed by atoms with Crippen LogP contribution in [-0.2, 0) is 8.87 Å². The molecule has 0 spiro atoms. The van der Waals surface area contributed by atoms with Crippen LogP contribution in [0.4, 0.5) is 0 Å². The summed E-state index contributed by atoms with van der Waals surface area (Å²) >= 11 is 0. The van der Waals surface area contributed by atoms with Crippen molar-refractivity contribution in [2.75, 3.05) is 5.75 Å². The maximum absolute atomic E-state index is 11.8. The number of rotatable bonds is 11. The summed E-state index contributed by atoms with van der Waals surface area (Å²) in [6, 6.07) is 1.75. The quantitative estimate of drug-likeness (QED) is 0.417. The average Bonchev–Trinajstić information content (AvgIpc) is 2.31. The van der Waals surface area contributed by atoms with E-state index < -0.39 is 8.87 Å². The van der Waals surface area contributed by atoms with Gasteiger partial charge in [-0.05, 0) is 30.6 Å². The third-order valence-electron chi connectivity index (χ3n) is 3.19. The lowest BCUT2D eigenvalue weighted by molar-refractivity contribution is 0.486. The van der Waals surface area contributed by atoms with Gasteiger partial charge >= 0.3 is 0 Å². The molecule has 3 nitrogen and oxygen atoms in total. The molecule has 0 saturated heterocycles. The van der Waals surface area contributed by atoms with Gasteiger partial charge in [-0.15, -0.1) is 0 Å². The summed E-state index contributed by atoms with van der Waals surface area (Å²) in [6.07, 6.45) is 8.57. The van der Waals surface area contributed by atoms with Gasteiger partial charge in [0.2, 0.25) is 8.87 Å². The lowest BCUT2D eigenvalue weighted by Gasteiger charge is -2.28. The van der Waals surface area contributed by atoms with Gasteiger partial charge in [0.05, 0.1) is 6.07 Å². The van der Waals surface area contributed by atoms with Crippen LogP contribution in [0.3, 0.4) is 0 Å². The minimum absolute atomic E-state index is 0.237. The molecule has 112 valence electrons. The van der Waals surface area contributed by atoms with Crippen LogP contribution < -0.4 is 0 Å². The van der Waals surface area contributed by atoms with Crippen LogP contribution in [-0.4, -0.2) is 18.9 Å². The summed E-state index contributed by atoms with van der Waals surface area (Å²) in [4.78, 5) is 0. The molecule has 0 aromatic carbocycles. The number of hydrogen-bond donors (Lipinski definition) is 0. The Morgan fingerprint density at radius 2 is 1.63 bits per heavy atom. The zero-order chi connectivity index (χ0) is 14.8. The van der Waals surface area contributed by atoms with Crippen molar-refractivity contribution in [3.8, 4) is 6.07 Å². The first-order valence-corrected chi connectivity index (χ1v) is 10.2. The van der Waals surface area contributed by atoms with Gasteiger partial charge in [-0.1, -0.05) is 52.4 Å². The molecule has 0 aromatic rings. The lowest BCUT2D eigenvalue weighted by atomic mass is 9.96. The van der Waals surface area contributed by atoms with E-state index in [9.17, 15) is 8.42 Å². The lowest BCUT2D eigenvalue weighted by Crippen LogP contribution is -2.23. The van der Waals surface area contributed by atoms with E-state index in [-0.39, 0.29) is 10.5 Å². The fourth-order valence-electron chi connectivity index (χ4n) is 2.10. The van der Waals surface area contributed by atoms with Gasteiger partial charge in [0.25, 0.3) is 0 Å². The molecule has 0 radical (unpaired) electrons. The van der Waals surface area contributed by atoms with Gasteiger partial charge in [0, 0.05) is 4.75 Å². The van der Waals surface area contributed by atoms with E-state index in [2.05, 4.69) is 13.8 Å². The molecule has 19 heavy (non-hydrogen) atoms. The monoisotopic (exact) mass is 305 g/mol. The third kappa shape index (κ3) is 9.34. The first kappa shape index (κ1) is 18.8. The second-order valence-electron chi connectivity index (χ2n) is 5.31. The Balaban J connectivity index is 4.54. The van der Waals surface area contributed by atoms with Gasteiger partial charge in [-0.2, -0.15) is 5.26 Å². The maximum atomic E-state index is 11.8. The van der Waals surface area contributed by atoms with E-state index in [0.717, 1.165) is 49.3 Å². The summed E-state index contributed by atoms with van der Waals surface area (Å²) < 4.78 is 23.4. The van der Waals surface area contributed by atoms with Crippen molar-refractivity contribution in [1.82, 2.24) is 0 Å². The van der Waals surface area contributed by atoms with Crippen LogP contribution in [0.25, 0.3) is 0 Å². The van der Waals surface area contributed by atoms with E-state index in [4.69, 9.17) is 5.26 Å². The van der Waals surface area contributed by atoms with Crippen LogP contribution in [0.1, 0.15) is 72.1 Å². The van der Waals surface area contributed by atoms with Crippen molar-refractivity contribution in [3.63, 3.8) is 0 Å². The number of nitriles is 1. The van der Waals surface area contributed by atoms with Crippen molar-refractivity contribution in [3.05, 3.63) is 0 Å². The summed E-state index contributed by atoms with van der Waals surface area (Å²) in [5.74, 6) is -0.381. The van der Waals surface area contributed by atoms with Crippen molar-refractivity contribution in [2.24, 2.45) is 0 Å². The van der Waals surface area contributed by atoms with E-state index in [1.807, 2.05) is 6.92 Å². The maximum Gasteiger partial charge on any atom is 0.215 e. The predicted molar refractivity (Wildman–Crippen MR) is 83.7 cm³/mol. The van der Waals surface area contributed by atoms with Crippen LogP contribution >= 0.6 is 10.8 Å². The van der Waals surface area contributed by atoms with Crippen LogP contribution in [0.5, 0.6) is 0 Å². The number of unbranched alkanes of at least 4 members (excludes halogenated alkanes) is 4. The highest BCUT2D eigenvalue weighted by Gasteiger charge is 2.30. The molecule has 5 heteroatoms. The first-order valence-electron chi connectivity index (χ1n) is 7.19. The Labute approximate surface area is 122 Å². The van der Waals surface area contributed by atoms with Gasteiger partial charge < -0.3 is 0 Å². The second-order valence-corrected chi connectivity index (χ2v) is 9.89. The fourth-order valence-corrected chi connectivity index (χ4v) is 6.06. The largest absolute Gasteiger partial charge is 0.216 e. The van der Waals surface area contributed by atoms with Crippen LogP contribution in [0, 0.1) is 11.3 Å². The van der Waals surface area contributed by atoms with E-state index in [1.165, 1.54) is 12.8 Å². The second kappa shape index (κ2) is 9.66. The molecule has 0 saturated carbocycles. The van der Waals surface area contributed by atoms with Crippen molar-refractivity contribution in [2.45, 2.75) is 76.9 Å². The number of nitrogens with zero attached hydrogens (tertiary/aromatic N) is 1. The third-order valence-corrected chi connectivity index (χ3v) is 7.06. The molecule has 0 N–H and O–H groups in total. The molecule has 0 aliphatic rings. The van der Waals surface area contributed by atoms with Gasteiger partial charge in [0.1, 0.15) is 5.75 Å². The summed E-state index contributed by atoms with van der Waals surface area (Å²) in [5, 5.41) is 8.58. The van der Waals surface area contributed by atoms with Gasteiger partial charge in [-0.3, -0.25) is 0 Å². The topological polar surface area (TPSA) is 57.9 Å². The Morgan fingerprint density at radius 3 is 2.16 bits per heavy atom. The number of hydrogen-bond acceptors (Lipinski definition) is 4. The standard InChI is InChI=1S/C14H27NO2S2/c1-4-6-8-9-11-14(3,10-7-5-2)18-19(16,17)13-12-15/h4-11,13H2,1-3H3. The highest BCUT2D eigenvalue weighted by atomic mass is 33.1. The summed E-state index contributed by atoms with van der Waals surface area (Å²) in [5.41, 5.74) is 0. The molecular formula is C14H27NO2S2. The summed E-state index contributed by atoms with van der Waals surface area (Å²) in [7, 11) is -2.29. The fraction of sp³-hybridized carbons (Fsp3) is 0.929. The first-order chi connectivity index (χ1) is 8.89. The normalized spacial score (nSPS) is 14.8. The van der Waals surface area contributed by atoms with Gasteiger partial charge in [-0.25, -0.2) is 8.42 Å². The zero-order valence-corrected chi connectivity index (χ0v) is 14.1. The molecule has 0 amide bonds. The van der Waals surface area contributed by atoms with Crippen LogP contribution in [0.15, 0.2) is 0 Å². The molecule has 1 unspecified atom stereocenters. The predicted octanol–water partition coefficient (Wildman–Crippen LogP) is 4.49. The highest BCUT2D eigenvalue weighted by molar-refractivity contribution is 8.72. The average molecular weight is 306 g/mol. The Bertz CT molecular complexity index is 373. The molecule has 0 heterocycles. The Hall–Kier alpha value is -0.210. The van der Waals surface area contributed by atoms with E-state index in [0.29, 0.717) is 0 Å². The molecule has 0 fully saturated rings. The molecule has 0 aliphatic heterocycles. The van der Waals surface area contributed by atoms with Crippen molar-refractivity contribution in [1.29, 1.82) is 5.26 Å². The molecule has 1 atom stereocenters. The zero-order valence-electron chi connectivity index (χ0n) is 12.4. The van der Waals surface area contributed by atoms with Crippen molar-refractivity contribution < 1.29 is 8.42 Å². The minimum Gasteiger partial charge on any atom is -0.216 e. The minimum atomic E-state index is -3.31. The van der Waals surface area contributed by atoms with Crippen molar-refractivity contribution >= 4 is 19.7 Å². The van der Waals surface area contributed by atoms with E-state index in [1.54, 1.807) is 6.07 Å². The molecule has 0 aromatic heterocycles. The van der Waals surface area contributed by atoms with E-state index >= 15 is 0 Å². The summed E-state index contributed by atoms with van der Waals surface area (Å²) in [6.45, 7) is 6.32. The highest BCUT2D eigenvalue weighted by Crippen LogP contribution is 2.39. The molecule has 0 aliphatic carbocycles. The SMILES string of the molecule is CCCCCCC(C)(CCCC)SS(=O)(=O)CC#N. The molecule has 0 bridgehead atoms. The molecule has 0 rings (SSSR count). The van der Waals surface area contributed by atoms with Gasteiger partial charge in [0.15, 0.2) is 0 Å². The van der Waals surface area contributed by atoms with Crippen LogP contribution in [0.2, 0.25) is 0 Å². The molecular weight excluding hydrogens is 278 g/mol. The Morgan fingerprint density at radius 1 is 1.05 bits per heavy atom. The Kier molecular flexibility index (Phi) is 9.55.